The smallest absolute Gasteiger partial charge is 0.314 e. The standard InChI is InChI=1S/C21H22ClN5O/c22-17-7-3-1-5-15(17)20-24-18-8-4-2-6-16(18)19(25-20)9-10-26-11-13-27(14-12-26)21(23)28/h1-8H,9-14H2,(H2,23,28). The highest BCUT2D eigenvalue weighted by molar-refractivity contribution is 6.33. The van der Waals surface area contributed by atoms with E-state index in [1.165, 1.54) is 0 Å². The van der Waals surface area contributed by atoms with E-state index in [9.17, 15) is 4.79 Å². The summed E-state index contributed by atoms with van der Waals surface area (Å²) < 4.78 is 0. The van der Waals surface area contributed by atoms with Gasteiger partial charge in [-0.25, -0.2) is 14.8 Å². The van der Waals surface area contributed by atoms with Crippen molar-refractivity contribution in [1.82, 2.24) is 19.8 Å². The quantitative estimate of drug-likeness (QED) is 0.736. The highest BCUT2D eigenvalue weighted by Crippen LogP contribution is 2.27. The Morgan fingerprint density at radius 2 is 1.71 bits per heavy atom. The van der Waals surface area contributed by atoms with Gasteiger partial charge in [0.15, 0.2) is 5.82 Å². The van der Waals surface area contributed by atoms with Crippen molar-refractivity contribution in [1.29, 1.82) is 0 Å². The summed E-state index contributed by atoms with van der Waals surface area (Å²) in [5, 5.41) is 1.71. The molecule has 0 unspecified atom stereocenters. The van der Waals surface area contributed by atoms with Crippen molar-refractivity contribution in [3.63, 3.8) is 0 Å². The number of halogens is 1. The first-order chi connectivity index (χ1) is 13.6. The van der Waals surface area contributed by atoms with E-state index in [1.807, 2.05) is 42.5 Å². The average Bonchev–Trinajstić information content (AvgIpc) is 2.72. The van der Waals surface area contributed by atoms with Crippen molar-refractivity contribution >= 4 is 28.5 Å². The molecule has 1 aliphatic rings. The fraction of sp³-hybridized carbons (Fsp3) is 0.286. The molecule has 2 heterocycles. The average molecular weight is 396 g/mol. The minimum Gasteiger partial charge on any atom is -0.351 e. The van der Waals surface area contributed by atoms with Gasteiger partial charge in [-0.15, -0.1) is 0 Å². The maximum Gasteiger partial charge on any atom is 0.314 e. The zero-order valence-electron chi connectivity index (χ0n) is 15.5. The second kappa shape index (κ2) is 8.12. The molecule has 2 aromatic carbocycles. The van der Waals surface area contributed by atoms with Crippen LogP contribution in [0.25, 0.3) is 22.3 Å². The number of urea groups is 1. The number of nitrogens with zero attached hydrogens (tertiary/aromatic N) is 4. The van der Waals surface area contributed by atoms with Crippen molar-refractivity contribution in [2.24, 2.45) is 5.73 Å². The zero-order valence-corrected chi connectivity index (χ0v) is 16.3. The second-order valence-electron chi connectivity index (χ2n) is 6.91. The van der Waals surface area contributed by atoms with Crippen molar-refractivity contribution < 1.29 is 4.79 Å². The molecule has 2 N–H and O–H groups in total. The summed E-state index contributed by atoms with van der Waals surface area (Å²) in [5.41, 5.74) is 8.13. The SMILES string of the molecule is NC(=O)N1CCN(CCc2nc(-c3ccccc3Cl)nc3ccccc23)CC1. The predicted octanol–water partition coefficient (Wildman–Crippen LogP) is 3.19. The molecule has 0 spiro atoms. The van der Waals surface area contributed by atoms with Crippen molar-refractivity contribution in [3.8, 4) is 11.4 Å². The van der Waals surface area contributed by atoms with Gasteiger partial charge in [-0.05, 0) is 18.2 Å². The highest BCUT2D eigenvalue weighted by atomic mass is 35.5. The largest absolute Gasteiger partial charge is 0.351 e. The van der Waals surface area contributed by atoms with E-state index in [1.54, 1.807) is 4.90 Å². The molecule has 0 radical (unpaired) electrons. The number of nitrogens with two attached hydrogens (primary N) is 1. The number of carbonyl (C=O) groups is 1. The van der Waals surface area contributed by atoms with Crippen LogP contribution < -0.4 is 5.73 Å². The van der Waals surface area contributed by atoms with E-state index in [0.717, 1.165) is 48.2 Å². The van der Waals surface area contributed by atoms with Crippen LogP contribution in [0.4, 0.5) is 4.79 Å². The van der Waals surface area contributed by atoms with Gasteiger partial charge >= 0.3 is 6.03 Å². The maximum atomic E-state index is 11.3. The molecule has 0 bridgehead atoms. The summed E-state index contributed by atoms with van der Waals surface area (Å²) in [4.78, 5) is 24.9. The van der Waals surface area contributed by atoms with Crippen LogP contribution in [0.2, 0.25) is 5.02 Å². The molecule has 1 saturated heterocycles. The Kier molecular flexibility index (Phi) is 5.41. The number of carbonyl (C=O) groups excluding carboxylic acids is 1. The number of fused-ring (bicyclic) bond motifs is 1. The zero-order chi connectivity index (χ0) is 19.5. The van der Waals surface area contributed by atoms with E-state index >= 15 is 0 Å². The van der Waals surface area contributed by atoms with E-state index in [2.05, 4.69) is 11.0 Å². The van der Waals surface area contributed by atoms with Crippen LogP contribution in [0.5, 0.6) is 0 Å². The van der Waals surface area contributed by atoms with Crippen molar-refractivity contribution in [2.45, 2.75) is 6.42 Å². The molecular weight excluding hydrogens is 374 g/mol. The summed E-state index contributed by atoms with van der Waals surface area (Å²) in [7, 11) is 0. The number of para-hydroxylation sites is 1. The first kappa shape index (κ1) is 18.7. The number of piperazine rings is 1. The molecule has 4 rings (SSSR count). The van der Waals surface area contributed by atoms with Gasteiger partial charge in [-0.3, -0.25) is 4.90 Å². The van der Waals surface area contributed by atoms with Crippen LogP contribution in [0, 0.1) is 0 Å². The maximum absolute atomic E-state index is 11.3. The third kappa shape index (κ3) is 3.93. The predicted molar refractivity (Wildman–Crippen MR) is 111 cm³/mol. The van der Waals surface area contributed by atoms with Crippen LogP contribution in [-0.2, 0) is 6.42 Å². The first-order valence-electron chi connectivity index (χ1n) is 9.39. The minimum absolute atomic E-state index is 0.342. The molecule has 0 atom stereocenters. The molecule has 3 aromatic rings. The van der Waals surface area contributed by atoms with E-state index < -0.39 is 0 Å². The molecule has 1 aliphatic heterocycles. The third-order valence-corrected chi connectivity index (χ3v) is 5.48. The second-order valence-corrected chi connectivity index (χ2v) is 7.32. The minimum atomic E-state index is -0.342. The lowest BCUT2D eigenvalue weighted by atomic mass is 10.1. The summed E-state index contributed by atoms with van der Waals surface area (Å²) in [6.45, 7) is 3.86. The number of amides is 2. The molecule has 28 heavy (non-hydrogen) atoms. The van der Waals surface area contributed by atoms with Gasteiger partial charge in [-0.1, -0.05) is 41.9 Å². The topological polar surface area (TPSA) is 75.4 Å². The third-order valence-electron chi connectivity index (χ3n) is 5.15. The Hall–Kier alpha value is -2.70. The summed E-state index contributed by atoms with van der Waals surface area (Å²) in [5.74, 6) is 0.651. The molecule has 144 valence electrons. The van der Waals surface area contributed by atoms with Gasteiger partial charge in [0.2, 0.25) is 0 Å². The number of primary amides is 1. The molecule has 6 nitrogen and oxygen atoms in total. The number of hydrogen-bond donors (Lipinski definition) is 1. The molecule has 0 aliphatic carbocycles. The van der Waals surface area contributed by atoms with Crippen molar-refractivity contribution in [2.75, 3.05) is 32.7 Å². The molecule has 1 aromatic heterocycles. The lowest BCUT2D eigenvalue weighted by molar-refractivity contribution is 0.145. The van der Waals surface area contributed by atoms with E-state index in [0.29, 0.717) is 23.9 Å². The van der Waals surface area contributed by atoms with Crippen LogP contribution in [0.1, 0.15) is 5.69 Å². The number of rotatable bonds is 4. The first-order valence-corrected chi connectivity index (χ1v) is 9.77. The monoisotopic (exact) mass is 395 g/mol. The summed E-state index contributed by atoms with van der Waals surface area (Å²) >= 11 is 6.37. The summed E-state index contributed by atoms with van der Waals surface area (Å²) in [6, 6.07) is 15.4. The number of aromatic nitrogens is 2. The molecule has 1 fully saturated rings. The van der Waals surface area contributed by atoms with Gasteiger partial charge in [0.05, 0.1) is 16.2 Å². The van der Waals surface area contributed by atoms with Crippen LogP contribution in [0.3, 0.4) is 0 Å². The Bertz CT molecular complexity index is 1000. The molecule has 0 saturated carbocycles. The van der Waals surface area contributed by atoms with Gasteiger partial charge in [0.25, 0.3) is 0 Å². The lowest BCUT2D eigenvalue weighted by Crippen LogP contribution is -2.50. The van der Waals surface area contributed by atoms with Gasteiger partial charge in [0, 0.05) is 50.1 Å². The Balaban J connectivity index is 1.58. The van der Waals surface area contributed by atoms with Crippen LogP contribution >= 0.6 is 11.6 Å². The fourth-order valence-corrected chi connectivity index (χ4v) is 3.77. The fourth-order valence-electron chi connectivity index (χ4n) is 3.55. The van der Waals surface area contributed by atoms with Crippen LogP contribution in [0.15, 0.2) is 48.5 Å². The Labute approximate surface area is 168 Å². The van der Waals surface area contributed by atoms with E-state index in [-0.39, 0.29) is 6.03 Å². The molecule has 2 amide bonds. The van der Waals surface area contributed by atoms with Gasteiger partial charge < -0.3 is 10.6 Å². The van der Waals surface area contributed by atoms with E-state index in [4.69, 9.17) is 27.3 Å². The Morgan fingerprint density at radius 1 is 1.00 bits per heavy atom. The number of hydrogen-bond acceptors (Lipinski definition) is 4. The molecule has 7 heteroatoms. The Morgan fingerprint density at radius 3 is 2.46 bits per heavy atom. The molecular formula is C21H22ClN5O. The highest BCUT2D eigenvalue weighted by Gasteiger charge is 2.19. The van der Waals surface area contributed by atoms with Gasteiger partial charge in [-0.2, -0.15) is 0 Å². The number of benzene rings is 2. The summed E-state index contributed by atoms with van der Waals surface area (Å²) in [6.07, 6.45) is 0.803. The lowest BCUT2D eigenvalue weighted by Gasteiger charge is -2.33. The van der Waals surface area contributed by atoms with Gasteiger partial charge in [0.1, 0.15) is 0 Å². The van der Waals surface area contributed by atoms with Crippen molar-refractivity contribution in [3.05, 3.63) is 59.2 Å². The normalized spacial score (nSPS) is 15.1. The van der Waals surface area contributed by atoms with Crippen LogP contribution in [-0.4, -0.2) is 58.5 Å².